The zero-order valence-electron chi connectivity index (χ0n) is 9.21. The van der Waals surface area contributed by atoms with Crippen molar-refractivity contribution in [3.8, 4) is 0 Å². The van der Waals surface area contributed by atoms with Crippen LogP contribution in [-0.4, -0.2) is 19.3 Å². The molecule has 0 atom stereocenters. The van der Waals surface area contributed by atoms with Gasteiger partial charge in [-0.2, -0.15) is 5.10 Å². The predicted octanol–water partition coefficient (Wildman–Crippen LogP) is 2.60. The van der Waals surface area contributed by atoms with Crippen molar-refractivity contribution in [2.75, 3.05) is 0 Å². The highest BCUT2D eigenvalue weighted by molar-refractivity contribution is 7.71. The van der Waals surface area contributed by atoms with Crippen LogP contribution in [0.1, 0.15) is 0 Å². The molecule has 0 aliphatic rings. The van der Waals surface area contributed by atoms with Gasteiger partial charge in [0.25, 0.3) is 0 Å². The van der Waals surface area contributed by atoms with Gasteiger partial charge in [-0.3, -0.25) is 4.68 Å². The molecule has 0 unspecified atom stereocenters. The van der Waals surface area contributed by atoms with Gasteiger partial charge in [0.15, 0.2) is 4.77 Å². The van der Waals surface area contributed by atoms with Crippen molar-refractivity contribution in [1.82, 2.24) is 19.3 Å². The maximum Gasteiger partial charge on any atom is 0.178 e. The molecule has 2 aromatic heterocycles. The molecule has 1 N–H and O–H groups in total. The Labute approximate surface area is 104 Å². The molecule has 4 nitrogen and oxygen atoms in total. The second-order valence-corrected chi connectivity index (χ2v) is 4.25. The van der Waals surface area contributed by atoms with Gasteiger partial charge in [-0.1, -0.05) is 12.1 Å². The number of benzene rings is 1. The Morgan fingerprint density at radius 1 is 1.18 bits per heavy atom. The maximum atomic E-state index is 5.33. The zero-order valence-corrected chi connectivity index (χ0v) is 10.0. The summed E-state index contributed by atoms with van der Waals surface area (Å²) in [5, 5.41) is 4.18. The van der Waals surface area contributed by atoms with Crippen molar-refractivity contribution in [3.05, 3.63) is 47.5 Å². The van der Waals surface area contributed by atoms with Crippen molar-refractivity contribution in [3.63, 3.8) is 0 Å². The number of nitrogens with one attached hydrogen (secondary N) is 1. The van der Waals surface area contributed by atoms with E-state index in [1.54, 1.807) is 6.20 Å². The number of hydrogen-bond donors (Lipinski definition) is 1. The van der Waals surface area contributed by atoms with Crippen LogP contribution < -0.4 is 0 Å². The average molecular weight is 244 g/mol. The summed E-state index contributed by atoms with van der Waals surface area (Å²) in [6.07, 6.45) is 3.74. The third-order valence-electron chi connectivity index (χ3n) is 2.79. The van der Waals surface area contributed by atoms with Crippen LogP contribution in [0.5, 0.6) is 0 Å². The molecule has 3 aromatic rings. The second-order valence-electron chi connectivity index (χ2n) is 3.87. The maximum absolute atomic E-state index is 5.33. The highest BCUT2D eigenvalue weighted by Gasteiger charge is 2.03. The average Bonchev–Trinajstić information content (AvgIpc) is 2.93. The number of rotatable bonds is 3. The summed E-state index contributed by atoms with van der Waals surface area (Å²) in [6.45, 7) is 1.65. The van der Waals surface area contributed by atoms with Crippen molar-refractivity contribution in [2.45, 2.75) is 13.1 Å². The van der Waals surface area contributed by atoms with Gasteiger partial charge in [-0.25, -0.2) is 0 Å². The van der Waals surface area contributed by atoms with Gasteiger partial charge in [0.1, 0.15) is 0 Å². The molecule has 0 fully saturated rings. The summed E-state index contributed by atoms with van der Waals surface area (Å²) in [7, 11) is 0. The smallest absolute Gasteiger partial charge is 0.178 e. The van der Waals surface area contributed by atoms with Crippen LogP contribution in [0.15, 0.2) is 42.7 Å². The van der Waals surface area contributed by atoms with E-state index in [4.69, 9.17) is 12.2 Å². The lowest BCUT2D eigenvalue weighted by Crippen LogP contribution is -2.07. The molecule has 0 spiro atoms. The molecule has 86 valence electrons. The van der Waals surface area contributed by atoms with E-state index in [2.05, 4.69) is 20.7 Å². The first-order valence-electron chi connectivity index (χ1n) is 5.49. The van der Waals surface area contributed by atoms with Gasteiger partial charge < -0.3 is 9.55 Å². The normalized spacial score (nSPS) is 11.1. The van der Waals surface area contributed by atoms with E-state index in [9.17, 15) is 0 Å². The van der Waals surface area contributed by atoms with Crippen LogP contribution in [-0.2, 0) is 13.1 Å². The standard InChI is InChI=1S/C12H12N4S/c17-12-14-10-4-1-2-5-11(10)16(12)9-8-15-7-3-6-13-15/h1-7H,8-9H2,(H,14,17). The largest absolute Gasteiger partial charge is 0.331 e. The first-order valence-corrected chi connectivity index (χ1v) is 5.90. The molecule has 0 radical (unpaired) electrons. The van der Waals surface area contributed by atoms with E-state index >= 15 is 0 Å². The van der Waals surface area contributed by atoms with Crippen molar-refractivity contribution in [1.29, 1.82) is 0 Å². The molecule has 17 heavy (non-hydrogen) atoms. The topological polar surface area (TPSA) is 38.5 Å². The summed E-state index contributed by atoms with van der Waals surface area (Å²) in [4.78, 5) is 3.21. The van der Waals surface area contributed by atoms with E-state index < -0.39 is 0 Å². The molecule has 0 saturated carbocycles. The molecular weight excluding hydrogens is 232 g/mol. The Morgan fingerprint density at radius 3 is 2.88 bits per heavy atom. The SMILES string of the molecule is S=c1[nH]c2ccccc2n1CCn1cccn1. The minimum absolute atomic E-state index is 0.762. The van der Waals surface area contributed by atoms with Gasteiger partial charge in [-0.15, -0.1) is 0 Å². The minimum Gasteiger partial charge on any atom is -0.331 e. The summed E-state index contributed by atoms with van der Waals surface area (Å²) >= 11 is 5.33. The third kappa shape index (κ3) is 1.89. The lowest BCUT2D eigenvalue weighted by Gasteiger charge is -2.04. The fourth-order valence-electron chi connectivity index (χ4n) is 1.96. The van der Waals surface area contributed by atoms with Crippen LogP contribution in [0, 0.1) is 4.77 Å². The van der Waals surface area contributed by atoms with E-state index in [1.165, 1.54) is 0 Å². The highest BCUT2D eigenvalue weighted by atomic mass is 32.1. The van der Waals surface area contributed by atoms with Crippen LogP contribution >= 0.6 is 12.2 Å². The van der Waals surface area contributed by atoms with Crippen molar-refractivity contribution < 1.29 is 0 Å². The van der Waals surface area contributed by atoms with Gasteiger partial charge in [0.05, 0.1) is 17.6 Å². The Kier molecular flexibility index (Phi) is 2.53. The molecule has 0 aliphatic carbocycles. The van der Waals surface area contributed by atoms with E-state index in [0.29, 0.717) is 0 Å². The number of aromatic amines is 1. The number of nitrogens with zero attached hydrogens (tertiary/aromatic N) is 3. The summed E-state index contributed by atoms with van der Waals surface area (Å²) in [5.41, 5.74) is 2.22. The monoisotopic (exact) mass is 244 g/mol. The lowest BCUT2D eigenvalue weighted by atomic mass is 10.3. The van der Waals surface area contributed by atoms with Gasteiger partial charge in [0, 0.05) is 18.9 Å². The number of aryl methyl sites for hydroxylation is 2. The summed E-state index contributed by atoms with van der Waals surface area (Å²) in [6, 6.07) is 10.1. The molecule has 0 bridgehead atoms. The number of hydrogen-bond acceptors (Lipinski definition) is 2. The number of H-pyrrole nitrogens is 1. The van der Waals surface area contributed by atoms with Gasteiger partial charge in [0.2, 0.25) is 0 Å². The first-order chi connectivity index (χ1) is 8.34. The Hall–Kier alpha value is -1.88. The molecule has 2 heterocycles. The third-order valence-corrected chi connectivity index (χ3v) is 3.12. The Bertz CT molecular complexity index is 678. The molecule has 0 aliphatic heterocycles. The summed E-state index contributed by atoms with van der Waals surface area (Å²) < 4.78 is 4.77. The first kappa shape index (κ1) is 10.3. The lowest BCUT2D eigenvalue weighted by molar-refractivity contribution is 0.538. The van der Waals surface area contributed by atoms with Crippen LogP contribution in [0.2, 0.25) is 0 Å². The number of fused-ring (bicyclic) bond motifs is 1. The van der Waals surface area contributed by atoms with E-state index in [-0.39, 0.29) is 0 Å². The Morgan fingerprint density at radius 2 is 2.06 bits per heavy atom. The van der Waals surface area contributed by atoms with Crippen molar-refractivity contribution >= 4 is 23.3 Å². The van der Waals surface area contributed by atoms with E-state index in [0.717, 1.165) is 28.9 Å². The molecule has 0 saturated heterocycles. The highest BCUT2D eigenvalue weighted by Crippen LogP contribution is 2.13. The van der Waals surface area contributed by atoms with Gasteiger partial charge >= 0.3 is 0 Å². The fraction of sp³-hybridized carbons (Fsp3) is 0.167. The number of para-hydroxylation sites is 2. The zero-order chi connectivity index (χ0) is 11.7. The van der Waals surface area contributed by atoms with Crippen molar-refractivity contribution in [2.24, 2.45) is 0 Å². The molecular formula is C12H12N4S. The molecule has 3 rings (SSSR count). The number of imidazole rings is 1. The summed E-state index contributed by atoms with van der Waals surface area (Å²) in [5.74, 6) is 0. The second kappa shape index (κ2) is 4.18. The predicted molar refractivity (Wildman–Crippen MR) is 69.3 cm³/mol. The quantitative estimate of drug-likeness (QED) is 0.719. The van der Waals surface area contributed by atoms with Crippen LogP contribution in [0.4, 0.5) is 0 Å². The number of aromatic nitrogens is 4. The molecule has 1 aromatic carbocycles. The van der Waals surface area contributed by atoms with Gasteiger partial charge in [-0.05, 0) is 30.4 Å². The molecule has 5 heteroatoms. The Balaban J connectivity index is 1.94. The van der Waals surface area contributed by atoms with E-state index in [1.807, 2.05) is 35.1 Å². The molecule has 0 amide bonds. The fourth-order valence-corrected chi connectivity index (χ4v) is 2.26. The van der Waals surface area contributed by atoms with Crippen LogP contribution in [0.25, 0.3) is 11.0 Å². The minimum atomic E-state index is 0.762. The van der Waals surface area contributed by atoms with Crippen LogP contribution in [0.3, 0.4) is 0 Å².